The molecule has 1 N–H and O–H groups in total. The van der Waals surface area contributed by atoms with Crippen LogP contribution in [0.5, 0.6) is 0 Å². The molecule has 7 heteroatoms. The van der Waals surface area contributed by atoms with E-state index >= 15 is 0 Å². The first-order chi connectivity index (χ1) is 9.97. The minimum atomic E-state index is -4.04. The molecule has 2 aliphatic rings. The molecule has 0 bridgehead atoms. The van der Waals surface area contributed by atoms with Crippen molar-refractivity contribution in [3.63, 3.8) is 0 Å². The van der Waals surface area contributed by atoms with Crippen LogP contribution in [-0.2, 0) is 10.0 Å². The van der Waals surface area contributed by atoms with E-state index in [4.69, 9.17) is 0 Å². The zero-order chi connectivity index (χ0) is 15.0. The first-order valence-electron chi connectivity index (χ1n) is 7.19. The van der Waals surface area contributed by atoms with Crippen LogP contribution in [-0.4, -0.2) is 38.5 Å². The van der Waals surface area contributed by atoms with E-state index in [2.05, 4.69) is 9.62 Å². The summed E-state index contributed by atoms with van der Waals surface area (Å²) in [5.74, 6) is -1.69. The second-order valence-electron chi connectivity index (χ2n) is 5.69. The molecule has 2 saturated heterocycles. The van der Waals surface area contributed by atoms with Gasteiger partial charge in [0.2, 0.25) is 10.0 Å². The Bertz CT molecular complexity index is 636. The number of hydrogen-bond acceptors (Lipinski definition) is 3. The van der Waals surface area contributed by atoms with Crippen LogP contribution in [0.4, 0.5) is 8.78 Å². The van der Waals surface area contributed by atoms with Gasteiger partial charge < -0.3 is 0 Å². The maximum absolute atomic E-state index is 13.7. The van der Waals surface area contributed by atoms with Crippen molar-refractivity contribution in [2.75, 3.05) is 13.1 Å². The summed E-state index contributed by atoms with van der Waals surface area (Å²) in [6.07, 6.45) is 3.86. The molecule has 21 heavy (non-hydrogen) atoms. The third-order valence-corrected chi connectivity index (χ3v) is 5.85. The number of halogens is 2. The van der Waals surface area contributed by atoms with Crippen molar-refractivity contribution < 1.29 is 17.2 Å². The molecule has 0 amide bonds. The normalized spacial score (nSPS) is 26.8. The molecule has 2 heterocycles. The Morgan fingerprint density at radius 2 is 1.95 bits per heavy atom. The van der Waals surface area contributed by atoms with Gasteiger partial charge in [0.25, 0.3) is 0 Å². The van der Waals surface area contributed by atoms with Crippen LogP contribution in [0.2, 0.25) is 0 Å². The van der Waals surface area contributed by atoms with Crippen molar-refractivity contribution in [2.24, 2.45) is 0 Å². The summed E-state index contributed by atoms with van der Waals surface area (Å²) in [6, 6.07) is 2.42. The molecule has 1 aromatic carbocycles. The minimum absolute atomic E-state index is 0.171. The number of piperidine rings is 1. The van der Waals surface area contributed by atoms with Crippen LogP contribution < -0.4 is 4.72 Å². The molecule has 4 nitrogen and oxygen atoms in total. The molecule has 0 unspecified atom stereocenters. The van der Waals surface area contributed by atoms with Crippen LogP contribution >= 0.6 is 0 Å². The lowest BCUT2D eigenvalue weighted by Crippen LogP contribution is -2.46. The zero-order valence-corrected chi connectivity index (χ0v) is 12.4. The van der Waals surface area contributed by atoms with Crippen LogP contribution in [0.25, 0.3) is 0 Å². The molecule has 0 radical (unpaired) electrons. The average Bonchev–Trinajstić information content (AvgIpc) is 2.84. The summed E-state index contributed by atoms with van der Waals surface area (Å²) in [6.45, 7) is 1.83. The highest BCUT2D eigenvalue weighted by molar-refractivity contribution is 7.89. The van der Waals surface area contributed by atoms with Gasteiger partial charge >= 0.3 is 0 Å². The third-order valence-electron chi connectivity index (χ3n) is 4.35. The highest BCUT2D eigenvalue weighted by Crippen LogP contribution is 2.28. The number of rotatable bonds is 3. The molecular formula is C14H18F2N2O2S. The minimum Gasteiger partial charge on any atom is -0.299 e. The van der Waals surface area contributed by atoms with Gasteiger partial charge in [0.15, 0.2) is 0 Å². The lowest BCUT2D eigenvalue weighted by molar-refractivity contribution is 0.186. The number of nitrogens with zero attached hydrogens (tertiary/aromatic N) is 1. The predicted octanol–water partition coefficient (Wildman–Crippen LogP) is 1.87. The monoisotopic (exact) mass is 316 g/mol. The zero-order valence-electron chi connectivity index (χ0n) is 11.6. The summed E-state index contributed by atoms with van der Waals surface area (Å²) >= 11 is 0. The summed E-state index contributed by atoms with van der Waals surface area (Å²) in [7, 11) is -4.04. The van der Waals surface area contributed by atoms with Gasteiger partial charge in [-0.3, -0.25) is 4.90 Å². The topological polar surface area (TPSA) is 49.4 Å². The van der Waals surface area contributed by atoms with Gasteiger partial charge in [-0.15, -0.1) is 0 Å². The van der Waals surface area contributed by atoms with Gasteiger partial charge in [0.1, 0.15) is 16.5 Å². The lowest BCUT2D eigenvalue weighted by atomic mass is 10.00. The lowest BCUT2D eigenvalue weighted by Gasteiger charge is -2.32. The Morgan fingerprint density at radius 3 is 2.76 bits per heavy atom. The molecule has 1 aromatic rings. The molecule has 2 aliphatic heterocycles. The maximum atomic E-state index is 13.7. The van der Waals surface area contributed by atoms with E-state index in [1.807, 2.05) is 0 Å². The van der Waals surface area contributed by atoms with Crippen molar-refractivity contribution in [3.8, 4) is 0 Å². The van der Waals surface area contributed by atoms with Gasteiger partial charge in [-0.25, -0.2) is 21.9 Å². The fraction of sp³-hybridized carbons (Fsp3) is 0.571. The van der Waals surface area contributed by atoms with Crippen molar-refractivity contribution in [1.29, 1.82) is 0 Å². The van der Waals surface area contributed by atoms with E-state index < -0.39 is 26.6 Å². The molecule has 3 rings (SSSR count). The van der Waals surface area contributed by atoms with Crippen molar-refractivity contribution in [3.05, 3.63) is 29.8 Å². The highest BCUT2D eigenvalue weighted by atomic mass is 32.2. The van der Waals surface area contributed by atoms with E-state index in [1.165, 1.54) is 0 Å². The molecule has 116 valence electrons. The second kappa shape index (κ2) is 5.62. The smallest absolute Gasteiger partial charge is 0.243 e. The SMILES string of the molecule is O=S(=O)(N[C@H]1CCN2CCCC[C@@H]12)c1cc(F)ccc1F. The van der Waals surface area contributed by atoms with Crippen LogP contribution in [0.15, 0.2) is 23.1 Å². The predicted molar refractivity (Wildman–Crippen MR) is 74.3 cm³/mol. The molecule has 0 aromatic heterocycles. The Morgan fingerprint density at radius 1 is 1.14 bits per heavy atom. The largest absolute Gasteiger partial charge is 0.299 e. The average molecular weight is 316 g/mol. The standard InChI is InChI=1S/C14H18F2N2O2S/c15-10-4-5-11(16)14(9-10)21(19,20)17-12-6-8-18-7-2-1-3-13(12)18/h4-5,9,12-13,17H,1-3,6-8H2/t12-,13-/m0/s1. The van der Waals surface area contributed by atoms with E-state index in [1.54, 1.807) is 0 Å². The van der Waals surface area contributed by atoms with E-state index in [-0.39, 0.29) is 12.1 Å². The van der Waals surface area contributed by atoms with Gasteiger partial charge in [0.05, 0.1) is 0 Å². The molecule has 0 saturated carbocycles. The molecule has 0 spiro atoms. The summed E-state index contributed by atoms with van der Waals surface area (Å²) in [4.78, 5) is 1.66. The fourth-order valence-electron chi connectivity index (χ4n) is 3.33. The first-order valence-corrected chi connectivity index (χ1v) is 8.67. The summed E-state index contributed by atoms with van der Waals surface area (Å²) < 4.78 is 54.0. The molecule has 2 atom stereocenters. The number of hydrogen-bond donors (Lipinski definition) is 1. The summed E-state index contributed by atoms with van der Waals surface area (Å²) in [5.41, 5.74) is 0. The number of nitrogens with one attached hydrogen (secondary N) is 1. The highest BCUT2D eigenvalue weighted by Gasteiger charge is 2.38. The number of fused-ring (bicyclic) bond motifs is 1. The van der Waals surface area contributed by atoms with Crippen molar-refractivity contribution in [2.45, 2.75) is 42.7 Å². The first kappa shape index (κ1) is 14.9. The van der Waals surface area contributed by atoms with Crippen LogP contribution in [0, 0.1) is 11.6 Å². The van der Waals surface area contributed by atoms with Crippen LogP contribution in [0.1, 0.15) is 25.7 Å². The maximum Gasteiger partial charge on any atom is 0.243 e. The Labute approximate surface area is 123 Å². The van der Waals surface area contributed by atoms with Crippen molar-refractivity contribution >= 4 is 10.0 Å². The Balaban J connectivity index is 1.81. The van der Waals surface area contributed by atoms with Gasteiger partial charge in [-0.05, 0) is 44.0 Å². The van der Waals surface area contributed by atoms with Gasteiger partial charge in [-0.2, -0.15) is 0 Å². The summed E-state index contributed by atoms with van der Waals surface area (Å²) in [5, 5.41) is 0. The third kappa shape index (κ3) is 2.95. The van der Waals surface area contributed by atoms with Crippen LogP contribution in [0.3, 0.4) is 0 Å². The van der Waals surface area contributed by atoms with E-state index in [0.717, 1.165) is 50.6 Å². The van der Waals surface area contributed by atoms with Gasteiger partial charge in [-0.1, -0.05) is 6.42 Å². The molecule has 2 fully saturated rings. The van der Waals surface area contributed by atoms with Crippen molar-refractivity contribution in [1.82, 2.24) is 9.62 Å². The molecular weight excluding hydrogens is 298 g/mol. The Kier molecular flexibility index (Phi) is 3.98. The van der Waals surface area contributed by atoms with E-state index in [0.29, 0.717) is 6.42 Å². The number of sulfonamides is 1. The Hall–Kier alpha value is -1.05. The fourth-order valence-corrected chi connectivity index (χ4v) is 4.72. The number of benzene rings is 1. The van der Waals surface area contributed by atoms with Gasteiger partial charge in [0, 0.05) is 18.6 Å². The molecule has 0 aliphatic carbocycles. The second-order valence-corrected chi connectivity index (χ2v) is 7.37. The van der Waals surface area contributed by atoms with E-state index in [9.17, 15) is 17.2 Å². The quantitative estimate of drug-likeness (QED) is 0.926.